The molecular formula is C23H27F3N6O. The number of fused-ring (bicyclic) bond motifs is 1. The molecule has 1 saturated heterocycles. The molecule has 3 aromatic rings. The van der Waals surface area contributed by atoms with Crippen molar-refractivity contribution in [3.63, 3.8) is 0 Å². The number of methoxy groups -OCH3 is 1. The largest absolute Gasteiger partial charge is 0.479 e. The first-order chi connectivity index (χ1) is 15.8. The molecule has 0 saturated carbocycles. The quantitative estimate of drug-likeness (QED) is 0.587. The van der Waals surface area contributed by atoms with Crippen molar-refractivity contribution in [2.24, 2.45) is 0 Å². The first-order valence-corrected chi connectivity index (χ1v) is 10.8. The fraction of sp³-hybridized carbons (Fsp3) is 0.435. The minimum atomic E-state index is -2.89. The lowest BCUT2D eigenvalue weighted by Crippen LogP contribution is -2.44. The molecule has 7 nitrogen and oxygen atoms in total. The number of pyridine rings is 1. The molecule has 1 aliphatic heterocycles. The standard InChI is InChI=1S/C23H27F3N6O/c1-13(15-6-5-7-16(19(15)24)20(25)26)27-21-17-12-18(32-10-8-31(3)9-11-32)23(33-4)30-22(17)29-14(2)28-21/h5-7,12-13,20H,8-11H2,1-4H3,(H,27,28,29,30). The van der Waals surface area contributed by atoms with Gasteiger partial charge in [-0.3, -0.25) is 0 Å². The van der Waals surface area contributed by atoms with Gasteiger partial charge < -0.3 is 19.9 Å². The van der Waals surface area contributed by atoms with Crippen LogP contribution in [0.25, 0.3) is 11.0 Å². The molecule has 1 aliphatic rings. The number of halogens is 3. The average molecular weight is 461 g/mol. The number of benzene rings is 1. The lowest BCUT2D eigenvalue weighted by molar-refractivity contribution is 0.146. The summed E-state index contributed by atoms with van der Waals surface area (Å²) in [5, 5.41) is 3.83. The van der Waals surface area contributed by atoms with Crippen molar-refractivity contribution >= 4 is 22.5 Å². The Morgan fingerprint density at radius 1 is 1.06 bits per heavy atom. The molecule has 10 heteroatoms. The molecule has 0 radical (unpaired) electrons. The van der Waals surface area contributed by atoms with Gasteiger partial charge in [-0.05, 0) is 27.0 Å². The Kier molecular flexibility index (Phi) is 6.55. The maximum Gasteiger partial charge on any atom is 0.266 e. The highest BCUT2D eigenvalue weighted by Crippen LogP contribution is 2.35. The smallest absolute Gasteiger partial charge is 0.266 e. The number of ether oxygens (including phenoxy) is 1. The van der Waals surface area contributed by atoms with E-state index in [-0.39, 0.29) is 5.56 Å². The number of rotatable bonds is 6. The zero-order chi connectivity index (χ0) is 23.7. The second-order valence-corrected chi connectivity index (χ2v) is 8.21. The van der Waals surface area contributed by atoms with Gasteiger partial charge in [0, 0.05) is 31.7 Å². The highest BCUT2D eigenvalue weighted by atomic mass is 19.3. The average Bonchev–Trinajstić information content (AvgIpc) is 2.78. The van der Waals surface area contributed by atoms with E-state index in [0.717, 1.165) is 37.9 Å². The van der Waals surface area contributed by atoms with E-state index >= 15 is 0 Å². The van der Waals surface area contributed by atoms with Crippen molar-refractivity contribution < 1.29 is 17.9 Å². The van der Waals surface area contributed by atoms with Gasteiger partial charge >= 0.3 is 0 Å². The highest BCUT2D eigenvalue weighted by Gasteiger charge is 2.23. The number of hydrogen-bond donors (Lipinski definition) is 1. The number of hydrogen-bond acceptors (Lipinski definition) is 7. The fourth-order valence-electron chi connectivity index (χ4n) is 4.02. The predicted octanol–water partition coefficient (Wildman–Crippen LogP) is 4.34. The van der Waals surface area contributed by atoms with Crippen molar-refractivity contribution in [2.45, 2.75) is 26.3 Å². The van der Waals surface area contributed by atoms with Crippen molar-refractivity contribution in [1.82, 2.24) is 19.9 Å². The SMILES string of the molecule is COc1nc2nc(C)nc(NC(C)c3cccc(C(F)F)c3F)c2cc1N1CCN(C)CC1. The fourth-order valence-corrected chi connectivity index (χ4v) is 4.02. The summed E-state index contributed by atoms with van der Waals surface area (Å²) in [6.45, 7) is 6.89. The van der Waals surface area contributed by atoms with Gasteiger partial charge in [0.1, 0.15) is 23.1 Å². The number of alkyl halides is 2. The number of nitrogens with zero attached hydrogens (tertiary/aromatic N) is 5. The van der Waals surface area contributed by atoms with Crippen molar-refractivity contribution in [2.75, 3.05) is 50.6 Å². The number of aromatic nitrogens is 3. The summed E-state index contributed by atoms with van der Waals surface area (Å²) in [4.78, 5) is 18.0. The molecule has 3 heterocycles. The summed E-state index contributed by atoms with van der Waals surface area (Å²) in [5.41, 5.74) is 0.785. The minimum Gasteiger partial charge on any atom is -0.479 e. The van der Waals surface area contributed by atoms with E-state index < -0.39 is 23.8 Å². The van der Waals surface area contributed by atoms with E-state index in [9.17, 15) is 13.2 Å². The van der Waals surface area contributed by atoms with Crippen LogP contribution in [0.4, 0.5) is 24.7 Å². The van der Waals surface area contributed by atoms with E-state index in [0.29, 0.717) is 28.6 Å². The van der Waals surface area contributed by atoms with Crippen molar-refractivity contribution in [1.29, 1.82) is 0 Å². The van der Waals surface area contributed by atoms with Crippen molar-refractivity contribution in [3.05, 3.63) is 47.0 Å². The Hall–Kier alpha value is -3.14. The van der Waals surface area contributed by atoms with E-state index in [2.05, 4.69) is 37.1 Å². The Labute approximate surface area is 190 Å². The first-order valence-electron chi connectivity index (χ1n) is 10.8. The number of likely N-dealkylation sites (N-methyl/N-ethyl adjacent to an activating group) is 1. The third kappa shape index (κ3) is 4.66. The Morgan fingerprint density at radius 2 is 1.76 bits per heavy atom. The highest BCUT2D eigenvalue weighted by molar-refractivity contribution is 5.90. The van der Waals surface area contributed by atoms with Crippen molar-refractivity contribution in [3.8, 4) is 5.88 Å². The molecule has 0 spiro atoms. The number of nitrogens with one attached hydrogen (secondary N) is 1. The van der Waals surface area contributed by atoms with Crippen LogP contribution in [-0.2, 0) is 0 Å². The summed E-state index contributed by atoms with van der Waals surface area (Å²) >= 11 is 0. The topological polar surface area (TPSA) is 66.4 Å². The molecular weight excluding hydrogens is 433 g/mol. The third-order valence-corrected chi connectivity index (χ3v) is 5.90. The van der Waals surface area contributed by atoms with E-state index in [4.69, 9.17) is 4.74 Å². The summed E-state index contributed by atoms with van der Waals surface area (Å²) < 4.78 is 46.6. The van der Waals surface area contributed by atoms with Gasteiger partial charge in [0.15, 0.2) is 5.65 Å². The second-order valence-electron chi connectivity index (χ2n) is 8.21. The molecule has 2 aromatic heterocycles. The molecule has 176 valence electrons. The van der Waals surface area contributed by atoms with E-state index in [1.807, 2.05) is 6.07 Å². The van der Waals surface area contributed by atoms with Crippen LogP contribution < -0.4 is 15.0 Å². The van der Waals surface area contributed by atoms with Crippen LogP contribution in [0.2, 0.25) is 0 Å². The van der Waals surface area contributed by atoms with Gasteiger partial charge in [0.25, 0.3) is 6.43 Å². The molecule has 1 fully saturated rings. The van der Waals surface area contributed by atoms with Crippen LogP contribution in [0.5, 0.6) is 5.88 Å². The minimum absolute atomic E-state index is 0.137. The molecule has 33 heavy (non-hydrogen) atoms. The normalized spacial score (nSPS) is 15.8. The molecule has 1 aromatic carbocycles. The first kappa shape index (κ1) is 23.0. The number of piperazine rings is 1. The van der Waals surface area contributed by atoms with Gasteiger partial charge in [-0.1, -0.05) is 18.2 Å². The predicted molar refractivity (Wildman–Crippen MR) is 122 cm³/mol. The van der Waals surface area contributed by atoms with Crippen LogP contribution in [0.3, 0.4) is 0 Å². The molecule has 0 amide bonds. The van der Waals surface area contributed by atoms with Crippen LogP contribution >= 0.6 is 0 Å². The van der Waals surface area contributed by atoms with Gasteiger partial charge in [-0.25, -0.2) is 23.1 Å². The molecule has 1 N–H and O–H groups in total. The van der Waals surface area contributed by atoms with E-state index in [1.54, 1.807) is 21.0 Å². The summed E-state index contributed by atoms with van der Waals surface area (Å²) in [6.07, 6.45) is -2.89. The second kappa shape index (κ2) is 9.38. The maximum absolute atomic E-state index is 14.7. The van der Waals surface area contributed by atoms with Crippen LogP contribution in [0.15, 0.2) is 24.3 Å². The van der Waals surface area contributed by atoms with Gasteiger partial charge in [0.2, 0.25) is 5.88 Å². The summed E-state index contributed by atoms with van der Waals surface area (Å²) in [7, 11) is 3.65. The Morgan fingerprint density at radius 3 is 2.42 bits per heavy atom. The van der Waals surface area contributed by atoms with Crippen LogP contribution in [0.1, 0.15) is 36.3 Å². The molecule has 1 unspecified atom stereocenters. The summed E-state index contributed by atoms with van der Waals surface area (Å²) in [6, 6.07) is 5.33. The van der Waals surface area contributed by atoms with E-state index in [1.165, 1.54) is 12.1 Å². The molecule has 0 bridgehead atoms. The van der Waals surface area contributed by atoms with Crippen LogP contribution in [0, 0.1) is 12.7 Å². The van der Waals surface area contributed by atoms with Gasteiger partial charge in [0.05, 0.1) is 24.1 Å². The number of aryl methyl sites for hydroxylation is 1. The monoisotopic (exact) mass is 460 g/mol. The zero-order valence-corrected chi connectivity index (χ0v) is 19.1. The Bertz CT molecular complexity index is 1150. The third-order valence-electron chi connectivity index (χ3n) is 5.90. The van der Waals surface area contributed by atoms with Crippen LogP contribution in [-0.4, -0.2) is 60.2 Å². The van der Waals surface area contributed by atoms with Gasteiger partial charge in [-0.15, -0.1) is 0 Å². The summed E-state index contributed by atoms with van der Waals surface area (Å²) in [5.74, 6) is 0.485. The molecule has 0 aliphatic carbocycles. The molecule has 4 rings (SSSR count). The Balaban J connectivity index is 1.74. The lowest BCUT2D eigenvalue weighted by Gasteiger charge is -2.34. The zero-order valence-electron chi connectivity index (χ0n) is 19.1. The molecule has 1 atom stereocenters. The van der Waals surface area contributed by atoms with Gasteiger partial charge in [-0.2, -0.15) is 4.98 Å². The lowest BCUT2D eigenvalue weighted by atomic mass is 10.0. The number of anilines is 2. The maximum atomic E-state index is 14.7.